The van der Waals surface area contributed by atoms with Crippen molar-refractivity contribution in [2.45, 2.75) is 65.0 Å². The maximum absolute atomic E-state index is 9.21. The lowest BCUT2D eigenvalue weighted by Crippen LogP contribution is -2.29. The molecule has 31 heavy (non-hydrogen) atoms. The van der Waals surface area contributed by atoms with Crippen LogP contribution in [0.2, 0.25) is 0 Å². The lowest BCUT2D eigenvalue weighted by atomic mass is 9.81. The minimum atomic E-state index is 0.242. The summed E-state index contributed by atoms with van der Waals surface area (Å²) in [5.74, 6) is 0.380. The highest BCUT2D eigenvalue weighted by Crippen LogP contribution is 2.30. The van der Waals surface area contributed by atoms with E-state index in [-0.39, 0.29) is 12.6 Å². The summed E-state index contributed by atoms with van der Waals surface area (Å²) in [6, 6.07) is 0.646. The Morgan fingerprint density at radius 1 is 1.32 bits per heavy atom. The van der Waals surface area contributed by atoms with Gasteiger partial charge in [0, 0.05) is 49.6 Å². The van der Waals surface area contributed by atoms with E-state index in [0.717, 1.165) is 60.3 Å². The lowest BCUT2D eigenvalue weighted by molar-refractivity contribution is 0.145. The monoisotopic (exact) mass is 424 g/mol. The van der Waals surface area contributed by atoms with Crippen LogP contribution in [0.3, 0.4) is 0 Å². The minimum Gasteiger partial charge on any atom is -0.404 e. The summed E-state index contributed by atoms with van der Waals surface area (Å²) in [7, 11) is 2.03. The summed E-state index contributed by atoms with van der Waals surface area (Å²) in [6.07, 6.45) is 16.4. The second kappa shape index (κ2) is 10.6. The number of aliphatic hydroxyl groups excluding tert-OH is 1. The zero-order valence-corrected chi connectivity index (χ0v) is 19.2. The van der Waals surface area contributed by atoms with Crippen molar-refractivity contribution in [1.29, 1.82) is 0 Å². The van der Waals surface area contributed by atoms with Crippen molar-refractivity contribution in [1.82, 2.24) is 14.7 Å². The summed E-state index contributed by atoms with van der Waals surface area (Å²) < 4.78 is 2.05. The van der Waals surface area contributed by atoms with Crippen LogP contribution in [0.15, 0.2) is 57.8 Å². The van der Waals surface area contributed by atoms with E-state index in [1.807, 2.05) is 25.7 Å². The van der Waals surface area contributed by atoms with Gasteiger partial charge in [0.25, 0.3) is 0 Å². The van der Waals surface area contributed by atoms with E-state index in [4.69, 9.17) is 10.7 Å². The van der Waals surface area contributed by atoms with Crippen LogP contribution in [0, 0.1) is 5.92 Å². The number of aromatic nitrogens is 2. The number of nitrogens with two attached hydrogens (primary N) is 1. The summed E-state index contributed by atoms with van der Waals surface area (Å²) in [5, 5.41) is 13.8. The Morgan fingerprint density at radius 2 is 2.06 bits per heavy atom. The molecule has 7 heteroatoms. The molecule has 3 rings (SSSR count). The quantitative estimate of drug-likeness (QED) is 0.590. The van der Waals surface area contributed by atoms with Crippen LogP contribution in [0.5, 0.6) is 0 Å². The standard InChI is InChI=1S/C24H36N6O/c1-5-8-23-24(19-13-27-30(14-19)21(6-2)7-3)28-22(15-29(23)4)18(11-25)12-26-20-9-17(10-20)16-31/h8,11-15,17,20-21,31H,5-7,9-10,16,25H2,1-4H3/b18-11?,23-8-,26-12?. The van der Waals surface area contributed by atoms with Crippen LogP contribution in [-0.2, 0) is 0 Å². The van der Waals surface area contributed by atoms with Crippen LogP contribution in [-0.4, -0.2) is 51.4 Å². The molecule has 0 saturated heterocycles. The van der Waals surface area contributed by atoms with E-state index >= 15 is 0 Å². The number of rotatable bonds is 9. The van der Waals surface area contributed by atoms with Gasteiger partial charge in [0.15, 0.2) is 0 Å². The SMILES string of the molecule is CC/C=C1/C(c2cnn(C(CC)CC)c2)=NC(C(C=NC2CC(CO)C2)=CN)=CN1C. The number of hydrogen-bond acceptors (Lipinski definition) is 6. The Hall–Kier alpha value is -2.67. The van der Waals surface area contributed by atoms with Gasteiger partial charge in [-0.05, 0) is 38.0 Å². The highest BCUT2D eigenvalue weighted by molar-refractivity contribution is 6.13. The fourth-order valence-corrected chi connectivity index (χ4v) is 4.09. The molecule has 168 valence electrons. The maximum Gasteiger partial charge on any atom is 0.0974 e. The Bertz CT molecular complexity index is 897. The van der Waals surface area contributed by atoms with Gasteiger partial charge in [-0.2, -0.15) is 5.10 Å². The van der Waals surface area contributed by atoms with Gasteiger partial charge in [0.2, 0.25) is 0 Å². The number of likely N-dealkylation sites (N-methyl/N-ethyl adjacent to an activating group) is 1. The van der Waals surface area contributed by atoms with Crippen molar-refractivity contribution in [2.24, 2.45) is 21.6 Å². The van der Waals surface area contributed by atoms with E-state index in [1.165, 1.54) is 0 Å². The van der Waals surface area contributed by atoms with Crippen LogP contribution in [0.4, 0.5) is 0 Å². The van der Waals surface area contributed by atoms with Gasteiger partial charge in [0.1, 0.15) is 0 Å². The first-order valence-corrected chi connectivity index (χ1v) is 11.4. The molecule has 7 nitrogen and oxygen atoms in total. The van der Waals surface area contributed by atoms with Crippen molar-refractivity contribution in [3.05, 3.63) is 53.4 Å². The van der Waals surface area contributed by atoms with Crippen molar-refractivity contribution in [3.63, 3.8) is 0 Å². The number of allylic oxidation sites excluding steroid dienone is 3. The summed E-state index contributed by atoms with van der Waals surface area (Å²) in [4.78, 5) is 11.7. The Balaban J connectivity index is 1.90. The Labute approximate surface area is 185 Å². The van der Waals surface area contributed by atoms with Gasteiger partial charge in [0.05, 0.1) is 35.4 Å². The predicted octanol–water partition coefficient (Wildman–Crippen LogP) is 3.80. The zero-order valence-electron chi connectivity index (χ0n) is 19.2. The molecule has 0 spiro atoms. The molecule has 0 amide bonds. The van der Waals surface area contributed by atoms with E-state index in [1.54, 1.807) is 6.20 Å². The Morgan fingerprint density at radius 3 is 2.68 bits per heavy atom. The molecule has 0 atom stereocenters. The molecule has 2 aliphatic rings. The Kier molecular flexibility index (Phi) is 7.85. The first-order chi connectivity index (χ1) is 15.0. The first kappa shape index (κ1) is 23.0. The normalized spacial score (nSPS) is 23.5. The minimum absolute atomic E-state index is 0.242. The molecule has 0 aromatic carbocycles. The van der Waals surface area contributed by atoms with Gasteiger partial charge >= 0.3 is 0 Å². The topological polar surface area (TPSA) is 92.0 Å². The second-order valence-electron chi connectivity index (χ2n) is 8.34. The first-order valence-electron chi connectivity index (χ1n) is 11.4. The summed E-state index contributed by atoms with van der Waals surface area (Å²) >= 11 is 0. The van der Waals surface area contributed by atoms with E-state index in [2.05, 4.69) is 52.7 Å². The van der Waals surface area contributed by atoms with Gasteiger partial charge in [-0.15, -0.1) is 0 Å². The van der Waals surface area contributed by atoms with E-state index in [0.29, 0.717) is 12.0 Å². The molecule has 1 aliphatic heterocycles. The average molecular weight is 425 g/mol. The summed E-state index contributed by atoms with van der Waals surface area (Å²) in [6.45, 7) is 6.74. The molecular weight excluding hydrogens is 388 g/mol. The van der Waals surface area contributed by atoms with Crippen molar-refractivity contribution in [2.75, 3.05) is 13.7 Å². The molecule has 3 N–H and O–H groups in total. The van der Waals surface area contributed by atoms with E-state index < -0.39 is 0 Å². The van der Waals surface area contributed by atoms with Gasteiger partial charge in [-0.3, -0.25) is 9.67 Å². The predicted molar refractivity (Wildman–Crippen MR) is 127 cm³/mol. The third-order valence-corrected chi connectivity index (χ3v) is 6.13. The van der Waals surface area contributed by atoms with Crippen LogP contribution in [0.1, 0.15) is 64.5 Å². The van der Waals surface area contributed by atoms with Crippen LogP contribution in [0.25, 0.3) is 0 Å². The molecule has 0 unspecified atom stereocenters. The second-order valence-corrected chi connectivity index (χ2v) is 8.34. The average Bonchev–Trinajstić information content (AvgIpc) is 3.22. The molecular formula is C24H36N6O. The number of nitrogens with zero attached hydrogens (tertiary/aromatic N) is 5. The molecule has 1 aliphatic carbocycles. The third-order valence-electron chi connectivity index (χ3n) is 6.13. The third kappa shape index (κ3) is 5.15. The van der Waals surface area contributed by atoms with Crippen LogP contribution < -0.4 is 5.73 Å². The van der Waals surface area contributed by atoms with E-state index in [9.17, 15) is 5.11 Å². The summed E-state index contributed by atoms with van der Waals surface area (Å²) in [5.41, 5.74) is 10.5. The zero-order chi connectivity index (χ0) is 22.4. The molecule has 1 fully saturated rings. The number of aliphatic imine (C=N–C) groups is 2. The lowest BCUT2D eigenvalue weighted by Gasteiger charge is -2.31. The highest BCUT2D eigenvalue weighted by atomic mass is 16.3. The molecule has 1 aromatic heterocycles. The fraction of sp³-hybridized carbons (Fsp3) is 0.542. The van der Waals surface area contributed by atoms with Gasteiger partial charge in [-0.1, -0.05) is 26.8 Å². The smallest absolute Gasteiger partial charge is 0.0974 e. The van der Waals surface area contributed by atoms with Crippen LogP contribution >= 0.6 is 0 Å². The number of hydrogen-bond donors (Lipinski definition) is 2. The fourth-order valence-electron chi connectivity index (χ4n) is 4.09. The van der Waals surface area contributed by atoms with Crippen molar-refractivity contribution in [3.8, 4) is 0 Å². The van der Waals surface area contributed by atoms with Crippen molar-refractivity contribution < 1.29 is 5.11 Å². The molecule has 2 heterocycles. The largest absolute Gasteiger partial charge is 0.404 e. The van der Waals surface area contributed by atoms with Gasteiger partial charge in [-0.25, -0.2) is 4.99 Å². The number of aliphatic hydroxyl groups is 1. The molecule has 0 radical (unpaired) electrons. The van der Waals surface area contributed by atoms with Gasteiger partial charge < -0.3 is 15.7 Å². The molecule has 1 aromatic rings. The highest BCUT2D eigenvalue weighted by Gasteiger charge is 2.28. The maximum atomic E-state index is 9.21. The molecule has 1 saturated carbocycles. The molecule has 0 bridgehead atoms. The van der Waals surface area contributed by atoms with Crippen molar-refractivity contribution >= 4 is 11.9 Å².